The van der Waals surface area contributed by atoms with E-state index in [1.54, 1.807) is 0 Å². The van der Waals surface area contributed by atoms with Gasteiger partial charge in [-0.2, -0.15) is 5.26 Å². The van der Waals surface area contributed by atoms with Crippen molar-refractivity contribution in [2.75, 3.05) is 0 Å². The van der Waals surface area contributed by atoms with Crippen LogP contribution in [0.2, 0.25) is 0 Å². The van der Waals surface area contributed by atoms with Crippen molar-refractivity contribution in [1.82, 2.24) is 9.97 Å². The number of benzene rings is 2. The van der Waals surface area contributed by atoms with Crippen molar-refractivity contribution in [2.45, 2.75) is 26.4 Å². The van der Waals surface area contributed by atoms with Gasteiger partial charge in [0.2, 0.25) is 0 Å². The molecule has 1 heterocycles. The van der Waals surface area contributed by atoms with Crippen LogP contribution in [0.5, 0.6) is 5.75 Å². The number of imidazole rings is 1. The topological polar surface area (TPSA) is 61.7 Å². The van der Waals surface area contributed by atoms with Gasteiger partial charge in [-0.05, 0) is 49.2 Å². The molecule has 4 nitrogen and oxygen atoms in total. The van der Waals surface area contributed by atoms with Crippen LogP contribution < -0.4 is 4.74 Å². The lowest BCUT2D eigenvalue weighted by atomic mass is 10.1. The Morgan fingerprint density at radius 2 is 2.00 bits per heavy atom. The largest absolute Gasteiger partial charge is 0.491 e. The number of allylic oxidation sites excluding steroid dienone is 1. The number of H-pyrrole nitrogens is 1. The van der Waals surface area contributed by atoms with Crippen molar-refractivity contribution < 1.29 is 4.74 Å². The molecular formula is C20H19N3O. The van der Waals surface area contributed by atoms with E-state index in [1.165, 1.54) is 0 Å². The van der Waals surface area contributed by atoms with Crippen LogP contribution in [-0.4, -0.2) is 16.1 Å². The number of nitrogens with one attached hydrogen (secondary N) is 1. The highest BCUT2D eigenvalue weighted by Crippen LogP contribution is 2.21. The monoisotopic (exact) mass is 317 g/mol. The summed E-state index contributed by atoms with van der Waals surface area (Å²) in [5.41, 5.74) is 3.21. The van der Waals surface area contributed by atoms with Gasteiger partial charge in [-0.3, -0.25) is 0 Å². The molecule has 24 heavy (non-hydrogen) atoms. The fourth-order valence-electron chi connectivity index (χ4n) is 2.36. The molecule has 3 aromatic rings. The molecule has 0 radical (unpaired) electrons. The normalized spacial score (nSPS) is 12.8. The van der Waals surface area contributed by atoms with Gasteiger partial charge in [-0.1, -0.05) is 31.2 Å². The molecular weight excluding hydrogens is 298 g/mol. The van der Waals surface area contributed by atoms with Crippen LogP contribution in [0, 0.1) is 11.3 Å². The van der Waals surface area contributed by atoms with Gasteiger partial charge in [0.05, 0.1) is 22.7 Å². The summed E-state index contributed by atoms with van der Waals surface area (Å²) >= 11 is 0. The maximum Gasteiger partial charge on any atom is 0.149 e. The highest BCUT2D eigenvalue weighted by Gasteiger charge is 2.08. The number of nitriles is 1. The number of aromatic amines is 1. The van der Waals surface area contributed by atoms with Crippen molar-refractivity contribution in [3.8, 4) is 11.8 Å². The molecule has 120 valence electrons. The zero-order chi connectivity index (χ0) is 16.9. The Labute approximate surface area is 141 Å². The maximum atomic E-state index is 9.47. The third-order valence-electron chi connectivity index (χ3n) is 3.87. The van der Waals surface area contributed by atoms with Gasteiger partial charge in [0.25, 0.3) is 0 Å². The Balaban J connectivity index is 1.86. The van der Waals surface area contributed by atoms with Crippen LogP contribution >= 0.6 is 0 Å². The number of hydrogen-bond acceptors (Lipinski definition) is 3. The number of hydrogen-bond donors (Lipinski definition) is 1. The third kappa shape index (κ3) is 3.47. The molecule has 1 aromatic heterocycles. The number of aromatic nitrogens is 2. The molecule has 0 saturated heterocycles. The van der Waals surface area contributed by atoms with E-state index in [-0.39, 0.29) is 6.10 Å². The first-order chi connectivity index (χ1) is 11.7. The highest BCUT2D eigenvalue weighted by molar-refractivity contribution is 5.90. The van der Waals surface area contributed by atoms with Crippen molar-refractivity contribution in [1.29, 1.82) is 5.26 Å². The Bertz CT molecular complexity index is 868. The fourth-order valence-corrected chi connectivity index (χ4v) is 2.36. The van der Waals surface area contributed by atoms with Gasteiger partial charge < -0.3 is 9.72 Å². The number of ether oxygens (including phenoxy) is 1. The molecule has 0 spiro atoms. The second-order valence-corrected chi connectivity index (χ2v) is 5.68. The average molecular weight is 317 g/mol. The van der Waals surface area contributed by atoms with Gasteiger partial charge in [-0.15, -0.1) is 0 Å². The van der Waals surface area contributed by atoms with E-state index >= 15 is 0 Å². The Morgan fingerprint density at radius 1 is 1.25 bits per heavy atom. The summed E-state index contributed by atoms with van der Waals surface area (Å²) in [7, 11) is 0. The van der Waals surface area contributed by atoms with Gasteiger partial charge in [0.15, 0.2) is 0 Å². The lowest BCUT2D eigenvalue weighted by molar-refractivity contribution is 0.217. The van der Waals surface area contributed by atoms with Gasteiger partial charge in [0, 0.05) is 0 Å². The molecule has 0 bridgehead atoms. The number of rotatable bonds is 5. The quantitative estimate of drug-likeness (QED) is 0.687. The lowest BCUT2D eigenvalue weighted by Gasteiger charge is -2.12. The van der Waals surface area contributed by atoms with E-state index in [9.17, 15) is 5.26 Å². The van der Waals surface area contributed by atoms with Crippen LogP contribution in [-0.2, 0) is 0 Å². The minimum Gasteiger partial charge on any atom is -0.491 e. The Hall–Kier alpha value is -3.06. The second-order valence-electron chi connectivity index (χ2n) is 5.68. The standard InChI is InChI=1S/C20H19N3O/c1-3-14(2)24-17-10-8-15(9-11-17)12-16(13-21)20-22-18-6-4-5-7-19(18)23-20/h4-12,14H,3H2,1-2H3,(H,22,23)/b16-12-/t14-/m0/s1. The first kappa shape index (κ1) is 15.8. The van der Waals surface area contributed by atoms with Crippen LogP contribution in [0.1, 0.15) is 31.7 Å². The van der Waals surface area contributed by atoms with E-state index in [1.807, 2.05) is 61.5 Å². The van der Waals surface area contributed by atoms with Crippen LogP contribution in [0.3, 0.4) is 0 Å². The van der Waals surface area contributed by atoms with Crippen LogP contribution in [0.4, 0.5) is 0 Å². The number of nitrogens with zero attached hydrogens (tertiary/aromatic N) is 2. The molecule has 2 aromatic carbocycles. The predicted octanol–water partition coefficient (Wildman–Crippen LogP) is 4.80. The van der Waals surface area contributed by atoms with E-state index in [0.29, 0.717) is 11.4 Å². The molecule has 0 aliphatic rings. The first-order valence-electron chi connectivity index (χ1n) is 8.03. The summed E-state index contributed by atoms with van der Waals surface area (Å²) in [4.78, 5) is 7.66. The molecule has 1 N–H and O–H groups in total. The predicted molar refractivity (Wildman–Crippen MR) is 96.4 cm³/mol. The smallest absolute Gasteiger partial charge is 0.149 e. The van der Waals surface area contributed by atoms with E-state index < -0.39 is 0 Å². The van der Waals surface area contributed by atoms with E-state index in [0.717, 1.165) is 28.8 Å². The lowest BCUT2D eigenvalue weighted by Crippen LogP contribution is -2.09. The van der Waals surface area contributed by atoms with Crippen LogP contribution in [0.15, 0.2) is 48.5 Å². The zero-order valence-electron chi connectivity index (χ0n) is 13.8. The van der Waals surface area contributed by atoms with Crippen molar-refractivity contribution in [3.63, 3.8) is 0 Å². The molecule has 3 rings (SSSR count). The number of fused-ring (bicyclic) bond motifs is 1. The molecule has 0 unspecified atom stereocenters. The molecule has 4 heteroatoms. The fraction of sp³-hybridized carbons (Fsp3) is 0.200. The minimum atomic E-state index is 0.191. The molecule has 0 fully saturated rings. The van der Waals surface area contributed by atoms with Crippen molar-refractivity contribution in [3.05, 3.63) is 59.9 Å². The highest BCUT2D eigenvalue weighted by atomic mass is 16.5. The molecule has 0 aliphatic heterocycles. The summed E-state index contributed by atoms with van der Waals surface area (Å²) in [6, 6.07) is 17.7. The molecule has 0 amide bonds. The summed E-state index contributed by atoms with van der Waals surface area (Å²) in [6.45, 7) is 4.14. The molecule has 1 atom stereocenters. The van der Waals surface area contributed by atoms with Gasteiger partial charge in [0.1, 0.15) is 17.6 Å². The maximum absolute atomic E-state index is 9.47. The third-order valence-corrected chi connectivity index (χ3v) is 3.87. The van der Waals surface area contributed by atoms with Crippen molar-refractivity contribution in [2.24, 2.45) is 0 Å². The summed E-state index contributed by atoms with van der Waals surface area (Å²) in [5, 5.41) is 9.47. The van der Waals surface area contributed by atoms with E-state index in [2.05, 4.69) is 23.0 Å². The van der Waals surface area contributed by atoms with E-state index in [4.69, 9.17) is 4.74 Å². The Morgan fingerprint density at radius 3 is 2.67 bits per heavy atom. The summed E-state index contributed by atoms with van der Waals surface area (Å²) in [6.07, 6.45) is 2.98. The minimum absolute atomic E-state index is 0.191. The Kier molecular flexibility index (Phi) is 4.62. The summed E-state index contributed by atoms with van der Waals surface area (Å²) in [5.74, 6) is 1.42. The first-order valence-corrected chi connectivity index (χ1v) is 8.03. The zero-order valence-corrected chi connectivity index (χ0v) is 13.8. The second kappa shape index (κ2) is 7.01. The molecule has 0 saturated carbocycles. The SMILES string of the molecule is CC[C@H](C)Oc1ccc(/C=C(/C#N)c2nc3ccccc3[nH]2)cc1. The van der Waals surface area contributed by atoms with Gasteiger partial charge >= 0.3 is 0 Å². The number of para-hydroxylation sites is 2. The molecule has 0 aliphatic carbocycles. The van der Waals surface area contributed by atoms with Crippen molar-refractivity contribution >= 4 is 22.7 Å². The average Bonchev–Trinajstić information content (AvgIpc) is 3.04. The van der Waals surface area contributed by atoms with Gasteiger partial charge in [-0.25, -0.2) is 4.98 Å². The summed E-state index contributed by atoms with van der Waals surface area (Å²) < 4.78 is 5.77. The van der Waals surface area contributed by atoms with Crippen LogP contribution in [0.25, 0.3) is 22.7 Å².